The lowest BCUT2D eigenvalue weighted by Crippen LogP contribution is -1.95. The highest BCUT2D eigenvalue weighted by molar-refractivity contribution is 6.33. The second-order valence-electron chi connectivity index (χ2n) is 3.06. The Labute approximate surface area is 87.7 Å². The maximum atomic E-state index is 6.07. The Morgan fingerprint density at radius 2 is 2.36 bits per heavy atom. The molecule has 0 aliphatic heterocycles. The molecular weight excluding hydrogens is 198 g/mol. The summed E-state index contributed by atoms with van der Waals surface area (Å²) >= 11 is 6.07. The van der Waals surface area contributed by atoms with Crippen LogP contribution in [0, 0.1) is 0 Å². The molecule has 2 aromatic heterocycles. The second-order valence-corrected chi connectivity index (χ2v) is 3.42. The lowest BCUT2D eigenvalue weighted by atomic mass is 10.3. The van der Waals surface area contributed by atoms with Gasteiger partial charge >= 0.3 is 0 Å². The number of hydrogen-bond donors (Lipinski definition) is 1. The van der Waals surface area contributed by atoms with Crippen molar-refractivity contribution in [3.8, 4) is 0 Å². The average Bonchev–Trinajstić information content (AvgIpc) is 2.55. The van der Waals surface area contributed by atoms with Gasteiger partial charge in [-0.15, -0.1) is 0 Å². The van der Waals surface area contributed by atoms with Crippen LogP contribution in [0.4, 0.5) is 5.69 Å². The van der Waals surface area contributed by atoms with E-state index in [0.717, 1.165) is 23.4 Å². The molecule has 0 unspecified atom stereocenters. The van der Waals surface area contributed by atoms with Gasteiger partial charge in [-0.3, -0.25) is 0 Å². The van der Waals surface area contributed by atoms with Crippen molar-refractivity contribution < 1.29 is 0 Å². The predicted octanol–water partition coefficient (Wildman–Crippen LogP) is 2.59. The van der Waals surface area contributed by atoms with E-state index in [0.29, 0.717) is 5.15 Å². The number of pyridine rings is 1. The molecule has 74 valence electrons. The first kappa shape index (κ1) is 9.34. The van der Waals surface area contributed by atoms with Crippen molar-refractivity contribution in [2.24, 2.45) is 0 Å². The lowest BCUT2D eigenvalue weighted by molar-refractivity contribution is 0.934. The Kier molecular flexibility index (Phi) is 2.33. The first-order chi connectivity index (χ1) is 6.77. The van der Waals surface area contributed by atoms with Crippen molar-refractivity contribution in [3.63, 3.8) is 0 Å². The van der Waals surface area contributed by atoms with Crippen LogP contribution < -0.4 is 5.32 Å². The minimum absolute atomic E-state index is 0.562. The van der Waals surface area contributed by atoms with Gasteiger partial charge in [0.1, 0.15) is 11.3 Å². The third-order valence-corrected chi connectivity index (χ3v) is 2.54. The van der Waals surface area contributed by atoms with Crippen molar-refractivity contribution in [1.82, 2.24) is 9.38 Å². The highest BCUT2D eigenvalue weighted by Gasteiger charge is 2.10. The molecule has 0 saturated heterocycles. The van der Waals surface area contributed by atoms with E-state index < -0.39 is 0 Å². The third kappa shape index (κ3) is 1.24. The fraction of sp³-hybridized carbons (Fsp3) is 0.300. The maximum Gasteiger partial charge on any atom is 0.157 e. The van der Waals surface area contributed by atoms with E-state index in [1.807, 2.05) is 29.8 Å². The molecule has 0 saturated carbocycles. The Hall–Kier alpha value is -1.22. The fourth-order valence-corrected chi connectivity index (χ4v) is 1.90. The summed E-state index contributed by atoms with van der Waals surface area (Å²) in [7, 11) is 1.88. The average molecular weight is 210 g/mol. The van der Waals surface area contributed by atoms with Crippen LogP contribution in [0.2, 0.25) is 5.15 Å². The molecule has 3 nitrogen and oxygen atoms in total. The Bertz CT molecular complexity index is 462. The first-order valence-corrected chi connectivity index (χ1v) is 4.99. The van der Waals surface area contributed by atoms with Crippen LogP contribution in [0.25, 0.3) is 5.52 Å². The number of aryl methyl sites for hydroxylation is 1. The van der Waals surface area contributed by atoms with Crippen molar-refractivity contribution in [2.45, 2.75) is 13.3 Å². The summed E-state index contributed by atoms with van der Waals surface area (Å²) in [6, 6.07) is 3.97. The minimum atomic E-state index is 0.562. The monoisotopic (exact) mass is 209 g/mol. The Morgan fingerprint density at radius 1 is 1.57 bits per heavy atom. The summed E-state index contributed by atoms with van der Waals surface area (Å²) in [6.07, 6.45) is 2.86. The van der Waals surface area contributed by atoms with Gasteiger partial charge in [0.15, 0.2) is 5.15 Å². The maximum absolute atomic E-state index is 6.07. The molecule has 0 radical (unpaired) electrons. The number of fused-ring (bicyclic) bond motifs is 1. The highest BCUT2D eigenvalue weighted by atomic mass is 35.5. The van der Waals surface area contributed by atoms with Crippen LogP contribution >= 0.6 is 11.6 Å². The standard InChI is InChI=1S/C10H12ClN3/c1-3-8-13-10(11)9-7(12-2)5-4-6-14(8)9/h4-6,12H,3H2,1-2H3. The van der Waals surface area contributed by atoms with Gasteiger partial charge in [-0.1, -0.05) is 18.5 Å². The van der Waals surface area contributed by atoms with Gasteiger partial charge in [-0.05, 0) is 12.1 Å². The Balaban J connectivity index is 2.81. The SMILES string of the molecule is CCc1nc(Cl)c2c(NC)cccn12. The summed E-state index contributed by atoms with van der Waals surface area (Å²) in [5, 5.41) is 3.66. The lowest BCUT2D eigenvalue weighted by Gasteiger charge is -2.03. The van der Waals surface area contributed by atoms with Crippen molar-refractivity contribution in [3.05, 3.63) is 29.3 Å². The van der Waals surface area contributed by atoms with Gasteiger partial charge < -0.3 is 9.72 Å². The van der Waals surface area contributed by atoms with Crippen LogP contribution in [0.1, 0.15) is 12.7 Å². The van der Waals surface area contributed by atoms with Gasteiger partial charge in [-0.25, -0.2) is 4.98 Å². The molecule has 1 N–H and O–H groups in total. The van der Waals surface area contributed by atoms with Gasteiger partial charge in [-0.2, -0.15) is 0 Å². The molecule has 4 heteroatoms. The van der Waals surface area contributed by atoms with Crippen molar-refractivity contribution in [2.75, 3.05) is 12.4 Å². The number of nitrogens with one attached hydrogen (secondary N) is 1. The normalized spacial score (nSPS) is 10.8. The fourth-order valence-electron chi connectivity index (χ4n) is 1.61. The van der Waals surface area contributed by atoms with Gasteiger partial charge in [0, 0.05) is 19.7 Å². The van der Waals surface area contributed by atoms with E-state index in [1.165, 1.54) is 0 Å². The number of hydrogen-bond acceptors (Lipinski definition) is 2. The van der Waals surface area contributed by atoms with Crippen LogP contribution in [0.3, 0.4) is 0 Å². The quantitative estimate of drug-likeness (QED) is 0.824. The van der Waals surface area contributed by atoms with Crippen LogP contribution in [-0.4, -0.2) is 16.4 Å². The summed E-state index contributed by atoms with van der Waals surface area (Å²) in [5.41, 5.74) is 1.96. The molecule has 0 bridgehead atoms. The second kappa shape index (κ2) is 3.50. The van der Waals surface area contributed by atoms with Crippen LogP contribution in [-0.2, 0) is 6.42 Å². The number of anilines is 1. The number of halogens is 1. The van der Waals surface area contributed by atoms with E-state index in [1.54, 1.807) is 0 Å². The van der Waals surface area contributed by atoms with Crippen LogP contribution in [0.15, 0.2) is 18.3 Å². The van der Waals surface area contributed by atoms with Crippen molar-refractivity contribution >= 4 is 22.8 Å². The predicted molar refractivity (Wildman–Crippen MR) is 59.1 cm³/mol. The molecule has 14 heavy (non-hydrogen) atoms. The Morgan fingerprint density at radius 3 is 3.00 bits per heavy atom. The van der Waals surface area contributed by atoms with Crippen LogP contribution in [0.5, 0.6) is 0 Å². The zero-order chi connectivity index (χ0) is 10.1. The zero-order valence-corrected chi connectivity index (χ0v) is 8.97. The van der Waals surface area contributed by atoms with Gasteiger partial charge in [0.2, 0.25) is 0 Å². The molecule has 0 aromatic carbocycles. The molecule has 0 aliphatic carbocycles. The summed E-state index contributed by atoms with van der Waals surface area (Å²) in [4.78, 5) is 4.31. The van der Waals surface area contributed by atoms with Crippen molar-refractivity contribution in [1.29, 1.82) is 0 Å². The van der Waals surface area contributed by atoms with E-state index in [2.05, 4.69) is 17.2 Å². The first-order valence-electron chi connectivity index (χ1n) is 4.61. The van der Waals surface area contributed by atoms with Gasteiger partial charge in [0.05, 0.1) is 5.69 Å². The molecule has 2 heterocycles. The van der Waals surface area contributed by atoms with E-state index >= 15 is 0 Å². The van der Waals surface area contributed by atoms with E-state index in [4.69, 9.17) is 11.6 Å². The highest BCUT2D eigenvalue weighted by Crippen LogP contribution is 2.25. The van der Waals surface area contributed by atoms with E-state index in [9.17, 15) is 0 Å². The summed E-state index contributed by atoms with van der Waals surface area (Å²) in [5.74, 6) is 0.988. The molecule has 2 aromatic rings. The molecule has 0 atom stereocenters. The smallest absolute Gasteiger partial charge is 0.157 e. The molecule has 0 aliphatic rings. The van der Waals surface area contributed by atoms with E-state index in [-0.39, 0.29) is 0 Å². The molecule has 2 rings (SSSR count). The molecule has 0 spiro atoms. The molecular formula is C10H12ClN3. The minimum Gasteiger partial charge on any atom is -0.386 e. The largest absolute Gasteiger partial charge is 0.386 e. The summed E-state index contributed by atoms with van der Waals surface area (Å²) < 4.78 is 2.02. The van der Waals surface area contributed by atoms with Gasteiger partial charge in [0.25, 0.3) is 0 Å². The topological polar surface area (TPSA) is 29.3 Å². The number of imidazole rings is 1. The zero-order valence-electron chi connectivity index (χ0n) is 8.21. The molecule has 0 amide bonds. The molecule has 0 fully saturated rings. The number of nitrogens with zero attached hydrogens (tertiary/aromatic N) is 2. The number of aromatic nitrogens is 2. The summed E-state index contributed by atoms with van der Waals surface area (Å²) in [6.45, 7) is 2.07. The third-order valence-electron chi connectivity index (χ3n) is 2.28. The number of rotatable bonds is 2.